The van der Waals surface area contributed by atoms with Gasteiger partial charge in [0.25, 0.3) is 0 Å². The smallest absolute Gasteiger partial charge is 0.237 e. The van der Waals surface area contributed by atoms with Crippen LogP contribution in [0.5, 0.6) is 0 Å². The fraction of sp³-hybridized carbons (Fsp3) is 0.333. The molecular weight excluding hydrogens is 352 g/mol. The van der Waals surface area contributed by atoms with E-state index in [-0.39, 0.29) is 5.91 Å². The van der Waals surface area contributed by atoms with Crippen LogP contribution < -0.4 is 10.6 Å². The molecule has 2 heterocycles. The lowest BCUT2D eigenvalue weighted by Crippen LogP contribution is -2.41. The van der Waals surface area contributed by atoms with E-state index < -0.39 is 5.41 Å². The van der Waals surface area contributed by atoms with Crippen molar-refractivity contribution in [1.29, 1.82) is 0 Å². The molecule has 7 nitrogen and oxygen atoms in total. The number of aryl methyl sites for hydroxylation is 2. The van der Waals surface area contributed by atoms with Crippen molar-refractivity contribution in [3.63, 3.8) is 0 Å². The summed E-state index contributed by atoms with van der Waals surface area (Å²) < 4.78 is 1.67. The molecule has 1 amide bonds. The Kier molecular flexibility index (Phi) is 4.81. The summed E-state index contributed by atoms with van der Waals surface area (Å²) in [7, 11) is 1.82. The second kappa shape index (κ2) is 7.42. The predicted octanol–water partition coefficient (Wildman–Crippen LogP) is 3.05. The van der Waals surface area contributed by atoms with Crippen molar-refractivity contribution in [2.24, 2.45) is 7.05 Å². The summed E-state index contributed by atoms with van der Waals surface area (Å²) in [6, 6.07) is 11.9. The third-order valence-electron chi connectivity index (χ3n) is 5.26. The molecule has 4 rings (SSSR count). The van der Waals surface area contributed by atoms with Gasteiger partial charge in [-0.1, -0.05) is 30.3 Å². The highest BCUT2D eigenvalue weighted by atomic mass is 16.2. The summed E-state index contributed by atoms with van der Waals surface area (Å²) in [4.78, 5) is 22.3. The van der Waals surface area contributed by atoms with Gasteiger partial charge in [-0.25, -0.2) is 9.97 Å². The Bertz CT molecular complexity index is 984. The van der Waals surface area contributed by atoms with E-state index in [0.717, 1.165) is 36.1 Å². The molecule has 0 radical (unpaired) electrons. The maximum Gasteiger partial charge on any atom is 0.237 e. The molecule has 1 aliphatic rings. The number of nitrogens with one attached hydrogen (secondary N) is 2. The van der Waals surface area contributed by atoms with Crippen molar-refractivity contribution in [3.8, 4) is 0 Å². The average molecular weight is 376 g/mol. The van der Waals surface area contributed by atoms with Gasteiger partial charge in [-0.15, -0.1) is 0 Å². The van der Waals surface area contributed by atoms with Gasteiger partial charge in [0.15, 0.2) is 5.82 Å². The molecule has 144 valence electrons. The van der Waals surface area contributed by atoms with Gasteiger partial charge in [-0.3, -0.25) is 9.48 Å². The molecule has 0 spiro atoms. The fourth-order valence-electron chi connectivity index (χ4n) is 3.64. The molecule has 1 aromatic carbocycles. The first-order chi connectivity index (χ1) is 13.5. The van der Waals surface area contributed by atoms with Gasteiger partial charge in [0.1, 0.15) is 0 Å². The van der Waals surface area contributed by atoms with Crippen molar-refractivity contribution in [2.75, 3.05) is 10.6 Å². The Morgan fingerprint density at radius 1 is 1.25 bits per heavy atom. The van der Waals surface area contributed by atoms with Crippen molar-refractivity contribution >= 4 is 17.7 Å². The number of anilines is 2. The molecule has 28 heavy (non-hydrogen) atoms. The van der Waals surface area contributed by atoms with Crippen LogP contribution in [0.4, 0.5) is 11.8 Å². The highest BCUT2D eigenvalue weighted by Gasteiger charge is 2.41. The van der Waals surface area contributed by atoms with E-state index in [9.17, 15) is 4.79 Å². The zero-order chi connectivity index (χ0) is 19.6. The summed E-state index contributed by atoms with van der Waals surface area (Å²) in [6.45, 7) is 2.59. The van der Waals surface area contributed by atoms with E-state index in [2.05, 4.69) is 32.8 Å². The van der Waals surface area contributed by atoms with E-state index in [1.807, 2.05) is 38.4 Å². The van der Waals surface area contributed by atoms with Crippen molar-refractivity contribution in [3.05, 3.63) is 65.6 Å². The van der Waals surface area contributed by atoms with Gasteiger partial charge >= 0.3 is 0 Å². The van der Waals surface area contributed by atoms with Crippen LogP contribution in [0.15, 0.2) is 48.8 Å². The average Bonchev–Trinajstić information content (AvgIpc) is 3.12. The highest BCUT2D eigenvalue weighted by Crippen LogP contribution is 2.37. The molecule has 2 aromatic heterocycles. The van der Waals surface area contributed by atoms with E-state index in [4.69, 9.17) is 4.98 Å². The third-order valence-corrected chi connectivity index (χ3v) is 5.26. The molecule has 0 saturated carbocycles. The Morgan fingerprint density at radius 3 is 2.82 bits per heavy atom. The molecular formula is C21H24N6O. The first-order valence-electron chi connectivity index (χ1n) is 9.50. The molecule has 3 aromatic rings. The molecule has 2 N–H and O–H groups in total. The zero-order valence-corrected chi connectivity index (χ0v) is 16.1. The van der Waals surface area contributed by atoms with Crippen LogP contribution in [0.2, 0.25) is 0 Å². The number of carbonyl (C=O) groups excluding carboxylic acids is 1. The van der Waals surface area contributed by atoms with E-state index >= 15 is 0 Å². The summed E-state index contributed by atoms with van der Waals surface area (Å²) in [6.07, 6.45) is 6.22. The maximum atomic E-state index is 13.1. The number of carbonyl (C=O) groups is 1. The van der Waals surface area contributed by atoms with Gasteiger partial charge in [0.05, 0.1) is 11.1 Å². The van der Waals surface area contributed by atoms with Crippen LogP contribution in [0.25, 0.3) is 0 Å². The van der Waals surface area contributed by atoms with E-state index in [0.29, 0.717) is 18.3 Å². The lowest BCUT2D eigenvalue weighted by molar-refractivity contribution is -0.121. The van der Waals surface area contributed by atoms with Crippen LogP contribution >= 0.6 is 0 Å². The van der Waals surface area contributed by atoms with Crippen molar-refractivity contribution in [1.82, 2.24) is 19.7 Å². The van der Waals surface area contributed by atoms with Gasteiger partial charge in [0.2, 0.25) is 11.9 Å². The van der Waals surface area contributed by atoms with Gasteiger partial charge in [0, 0.05) is 32.1 Å². The molecule has 0 saturated heterocycles. The van der Waals surface area contributed by atoms with Crippen molar-refractivity contribution < 1.29 is 4.79 Å². The minimum atomic E-state index is -0.711. The molecule has 0 bridgehead atoms. The van der Waals surface area contributed by atoms with Crippen molar-refractivity contribution in [2.45, 2.75) is 38.1 Å². The Labute approximate surface area is 164 Å². The first-order valence-corrected chi connectivity index (χ1v) is 9.50. The Morgan fingerprint density at radius 2 is 2.07 bits per heavy atom. The largest absolute Gasteiger partial charge is 0.350 e. The normalized spacial score (nSPS) is 18.4. The Hall–Kier alpha value is -3.22. The van der Waals surface area contributed by atoms with Crippen LogP contribution in [0.3, 0.4) is 0 Å². The number of benzene rings is 1. The lowest BCUT2D eigenvalue weighted by atomic mass is 9.74. The number of rotatable bonds is 5. The quantitative estimate of drug-likeness (QED) is 0.715. The summed E-state index contributed by atoms with van der Waals surface area (Å²) in [5.41, 5.74) is 2.28. The molecule has 7 heteroatoms. The van der Waals surface area contributed by atoms with Crippen LogP contribution in [0.1, 0.15) is 36.6 Å². The fourth-order valence-corrected chi connectivity index (χ4v) is 3.64. The molecule has 0 fully saturated rings. The Balaban J connectivity index is 1.57. The first kappa shape index (κ1) is 18.2. The summed E-state index contributed by atoms with van der Waals surface area (Å²) in [5.74, 6) is 1.01. The molecule has 1 unspecified atom stereocenters. The number of hydrogen-bond donors (Lipinski definition) is 2. The molecule has 1 atom stereocenters. The number of fused-ring (bicyclic) bond motifs is 1. The van der Waals surface area contributed by atoms with Gasteiger partial charge in [-0.05, 0) is 37.3 Å². The number of aromatic nitrogens is 4. The van der Waals surface area contributed by atoms with Crippen LogP contribution in [0, 0.1) is 0 Å². The third kappa shape index (κ3) is 3.60. The summed E-state index contributed by atoms with van der Waals surface area (Å²) >= 11 is 0. The molecule has 0 aliphatic heterocycles. The lowest BCUT2D eigenvalue weighted by Gasteiger charge is -2.33. The molecule has 1 aliphatic carbocycles. The minimum absolute atomic E-state index is 0.0835. The topological polar surface area (TPSA) is 84.7 Å². The maximum absolute atomic E-state index is 13.1. The standard InChI is InChI=1S/C21H24N6O/c1-21(19(28)24-17-10-12-27(2)26-17)11-6-9-16-14-23-20(25-18(16)21)22-13-15-7-4-3-5-8-15/h3-5,7-8,10,12,14H,6,9,11,13H2,1-2H3,(H,22,23,25)(H,24,26,28). The minimum Gasteiger partial charge on any atom is -0.350 e. The number of amides is 1. The van der Waals surface area contributed by atoms with E-state index in [1.165, 1.54) is 0 Å². The predicted molar refractivity (Wildman–Crippen MR) is 108 cm³/mol. The second-order valence-corrected chi connectivity index (χ2v) is 7.42. The second-order valence-electron chi connectivity index (χ2n) is 7.42. The SMILES string of the molecule is Cn1ccc(NC(=O)C2(C)CCCc3cnc(NCc4ccccc4)nc32)n1. The van der Waals surface area contributed by atoms with E-state index in [1.54, 1.807) is 16.9 Å². The van der Waals surface area contributed by atoms with Gasteiger partial charge < -0.3 is 10.6 Å². The van der Waals surface area contributed by atoms with Gasteiger partial charge in [-0.2, -0.15) is 5.10 Å². The monoisotopic (exact) mass is 376 g/mol. The number of hydrogen-bond acceptors (Lipinski definition) is 5. The highest BCUT2D eigenvalue weighted by molar-refractivity contribution is 5.98. The van der Waals surface area contributed by atoms with Crippen LogP contribution in [-0.4, -0.2) is 25.7 Å². The zero-order valence-electron chi connectivity index (χ0n) is 16.1. The van der Waals surface area contributed by atoms with Crippen LogP contribution in [-0.2, 0) is 30.2 Å². The number of nitrogens with zero attached hydrogens (tertiary/aromatic N) is 4. The summed E-state index contributed by atoms with van der Waals surface area (Å²) in [5, 5.41) is 10.5.